The van der Waals surface area contributed by atoms with Crippen LogP contribution in [0.4, 0.5) is 8.78 Å². The number of benzene rings is 2. The van der Waals surface area contributed by atoms with E-state index in [-0.39, 0.29) is 4.90 Å². The van der Waals surface area contributed by atoms with E-state index < -0.39 is 26.4 Å². The summed E-state index contributed by atoms with van der Waals surface area (Å²) in [4.78, 5) is 3.19. The molecule has 0 atom stereocenters. The molecular formula is C23H19F2N3O2S. The van der Waals surface area contributed by atoms with Gasteiger partial charge in [-0.05, 0) is 61.4 Å². The molecule has 0 saturated carbocycles. The highest BCUT2D eigenvalue weighted by Crippen LogP contribution is 2.39. The van der Waals surface area contributed by atoms with Gasteiger partial charge >= 0.3 is 0 Å². The van der Waals surface area contributed by atoms with Crippen molar-refractivity contribution in [1.29, 1.82) is 0 Å². The van der Waals surface area contributed by atoms with Gasteiger partial charge in [-0.25, -0.2) is 17.2 Å². The first-order valence-corrected chi connectivity index (χ1v) is 11.1. The van der Waals surface area contributed by atoms with Gasteiger partial charge in [0.15, 0.2) is 0 Å². The van der Waals surface area contributed by atoms with Crippen LogP contribution in [-0.4, -0.2) is 23.2 Å². The van der Waals surface area contributed by atoms with Gasteiger partial charge in [0.2, 0.25) is 9.84 Å². The van der Waals surface area contributed by atoms with Gasteiger partial charge in [0.05, 0.1) is 4.90 Å². The summed E-state index contributed by atoms with van der Waals surface area (Å²) in [5.41, 5.74) is 2.98. The van der Waals surface area contributed by atoms with Crippen molar-refractivity contribution in [3.63, 3.8) is 0 Å². The smallest absolute Gasteiger partial charge is 0.210 e. The molecule has 0 N–H and O–H groups in total. The van der Waals surface area contributed by atoms with Crippen molar-refractivity contribution >= 4 is 9.84 Å². The average molecular weight is 439 g/mol. The number of pyridine rings is 1. The van der Waals surface area contributed by atoms with Crippen LogP contribution in [0, 0.1) is 18.6 Å². The highest BCUT2D eigenvalue weighted by atomic mass is 32.2. The Labute approximate surface area is 178 Å². The van der Waals surface area contributed by atoms with Gasteiger partial charge < -0.3 is 0 Å². The van der Waals surface area contributed by atoms with Gasteiger partial charge in [-0.3, -0.25) is 9.67 Å². The van der Waals surface area contributed by atoms with Crippen molar-refractivity contribution in [2.75, 3.05) is 0 Å². The maximum atomic E-state index is 14.4. The molecule has 158 valence electrons. The van der Waals surface area contributed by atoms with Crippen LogP contribution < -0.4 is 0 Å². The van der Waals surface area contributed by atoms with E-state index >= 15 is 0 Å². The lowest BCUT2D eigenvalue weighted by Gasteiger charge is -2.14. The summed E-state index contributed by atoms with van der Waals surface area (Å²) in [6, 6.07) is 10.7. The van der Waals surface area contributed by atoms with E-state index in [9.17, 15) is 17.2 Å². The van der Waals surface area contributed by atoms with E-state index in [0.717, 1.165) is 23.3 Å². The summed E-state index contributed by atoms with van der Waals surface area (Å²) in [5, 5.41) is 4.61. The zero-order chi connectivity index (χ0) is 22.2. The van der Waals surface area contributed by atoms with E-state index in [1.165, 1.54) is 6.07 Å². The van der Waals surface area contributed by atoms with Crippen molar-refractivity contribution < 1.29 is 17.2 Å². The number of sulfone groups is 1. The topological polar surface area (TPSA) is 64.8 Å². The maximum Gasteiger partial charge on any atom is 0.210 e. The molecule has 0 fully saturated rings. The van der Waals surface area contributed by atoms with Crippen LogP contribution in [0.25, 0.3) is 22.4 Å². The molecule has 0 aliphatic heterocycles. The molecular weight excluding hydrogens is 420 g/mol. The fourth-order valence-corrected chi connectivity index (χ4v) is 5.09. The predicted octanol–water partition coefficient (Wildman–Crippen LogP) is 5.05. The van der Waals surface area contributed by atoms with E-state index in [1.54, 1.807) is 48.3 Å². The monoisotopic (exact) mass is 439 g/mol. The van der Waals surface area contributed by atoms with Crippen LogP contribution in [0.2, 0.25) is 0 Å². The molecule has 0 aliphatic rings. The fourth-order valence-electron chi connectivity index (χ4n) is 3.48. The molecule has 0 unspecified atom stereocenters. The van der Waals surface area contributed by atoms with Crippen molar-refractivity contribution in [2.24, 2.45) is 0 Å². The van der Waals surface area contributed by atoms with E-state index in [1.807, 2.05) is 13.1 Å². The van der Waals surface area contributed by atoms with Crippen LogP contribution in [0.1, 0.15) is 12.5 Å². The zero-order valence-corrected chi connectivity index (χ0v) is 17.7. The first kappa shape index (κ1) is 20.9. The number of nitrogens with zero attached hydrogens (tertiary/aromatic N) is 3. The van der Waals surface area contributed by atoms with Crippen LogP contribution in [0.15, 0.2) is 76.9 Å². The third-order valence-electron chi connectivity index (χ3n) is 5.02. The van der Waals surface area contributed by atoms with Crippen LogP contribution in [0.5, 0.6) is 0 Å². The van der Waals surface area contributed by atoms with E-state index in [4.69, 9.17) is 0 Å². The Morgan fingerprint density at radius 2 is 1.74 bits per heavy atom. The molecule has 8 heteroatoms. The molecule has 0 saturated heterocycles. The average Bonchev–Trinajstić information content (AvgIpc) is 3.20. The number of hydrogen-bond donors (Lipinski definition) is 0. The second-order valence-electron chi connectivity index (χ2n) is 7.01. The van der Waals surface area contributed by atoms with Crippen LogP contribution in [-0.2, 0) is 16.4 Å². The first-order chi connectivity index (χ1) is 14.8. The molecule has 0 radical (unpaired) electrons. The fraction of sp³-hybridized carbons (Fsp3) is 0.130. The summed E-state index contributed by atoms with van der Waals surface area (Å²) < 4.78 is 56.8. The lowest BCUT2D eigenvalue weighted by Crippen LogP contribution is -2.08. The highest BCUT2D eigenvalue weighted by Gasteiger charge is 2.29. The van der Waals surface area contributed by atoms with E-state index in [2.05, 4.69) is 10.1 Å². The first-order valence-electron chi connectivity index (χ1n) is 9.61. The summed E-state index contributed by atoms with van der Waals surface area (Å²) in [6.45, 7) is 4.26. The number of hydrogen-bond acceptors (Lipinski definition) is 4. The largest absolute Gasteiger partial charge is 0.272 e. The highest BCUT2D eigenvalue weighted by molar-refractivity contribution is 7.91. The van der Waals surface area contributed by atoms with E-state index in [0.29, 0.717) is 29.4 Å². The Morgan fingerprint density at radius 1 is 1.00 bits per heavy atom. The minimum atomic E-state index is -4.37. The molecule has 2 aromatic carbocycles. The maximum absolute atomic E-state index is 14.4. The molecule has 4 aromatic rings. The number of rotatable bonds is 5. The van der Waals surface area contributed by atoms with Gasteiger partial charge in [0.1, 0.15) is 22.2 Å². The van der Waals surface area contributed by atoms with Crippen LogP contribution in [0.3, 0.4) is 0 Å². The Hall–Kier alpha value is -3.39. The molecule has 0 bridgehead atoms. The van der Waals surface area contributed by atoms with Crippen LogP contribution >= 0.6 is 0 Å². The predicted molar refractivity (Wildman–Crippen MR) is 113 cm³/mol. The molecule has 2 aromatic heterocycles. The Balaban J connectivity index is 2.02. The minimum absolute atomic E-state index is 0.131. The van der Waals surface area contributed by atoms with Gasteiger partial charge in [-0.1, -0.05) is 12.1 Å². The molecule has 5 nitrogen and oxygen atoms in total. The summed E-state index contributed by atoms with van der Waals surface area (Å²) in [7, 11) is -4.37. The van der Waals surface area contributed by atoms with Crippen molar-refractivity contribution in [2.45, 2.75) is 30.2 Å². The number of halogens is 2. The number of aryl methyl sites for hydroxylation is 2. The standard InChI is InChI=1S/C23H19F2N3O2S/c1-3-28-14-18(16-9-11-26-12-10-16)23(27-28)22-15(2)5-4-6-20(22)31(29,30)21-13-17(24)7-8-19(21)25/h4-14H,3H2,1-2H3. The number of aromatic nitrogens is 3. The molecule has 2 heterocycles. The Bertz CT molecular complexity index is 1370. The summed E-state index contributed by atoms with van der Waals surface area (Å²) in [6.07, 6.45) is 5.11. The van der Waals surface area contributed by atoms with Gasteiger partial charge in [-0.2, -0.15) is 5.10 Å². The molecule has 4 rings (SSSR count). The minimum Gasteiger partial charge on any atom is -0.272 e. The third kappa shape index (κ3) is 3.74. The second-order valence-corrected chi connectivity index (χ2v) is 8.90. The lowest BCUT2D eigenvalue weighted by molar-refractivity contribution is 0.553. The van der Waals surface area contributed by atoms with Gasteiger partial charge in [-0.15, -0.1) is 0 Å². The third-order valence-corrected chi connectivity index (χ3v) is 6.83. The quantitative estimate of drug-likeness (QED) is 0.436. The van der Waals surface area contributed by atoms with Gasteiger partial charge in [0, 0.05) is 36.3 Å². The zero-order valence-electron chi connectivity index (χ0n) is 16.9. The molecule has 0 spiro atoms. The van der Waals surface area contributed by atoms with Crippen molar-refractivity contribution in [3.05, 3.63) is 84.3 Å². The Kier molecular flexibility index (Phi) is 5.41. The Morgan fingerprint density at radius 3 is 2.45 bits per heavy atom. The molecule has 0 aliphatic carbocycles. The summed E-state index contributed by atoms with van der Waals surface area (Å²) >= 11 is 0. The lowest BCUT2D eigenvalue weighted by atomic mass is 9.99. The molecule has 31 heavy (non-hydrogen) atoms. The van der Waals surface area contributed by atoms with Crippen molar-refractivity contribution in [1.82, 2.24) is 14.8 Å². The molecule has 0 amide bonds. The second kappa shape index (κ2) is 8.03. The van der Waals surface area contributed by atoms with Crippen molar-refractivity contribution in [3.8, 4) is 22.4 Å². The normalized spacial score (nSPS) is 11.6. The van der Waals surface area contributed by atoms with Gasteiger partial charge in [0.25, 0.3) is 0 Å². The summed E-state index contributed by atoms with van der Waals surface area (Å²) in [5.74, 6) is -1.84. The SMILES string of the molecule is CCn1cc(-c2ccncc2)c(-c2c(C)cccc2S(=O)(=O)c2cc(F)ccc2F)n1.